The maximum Gasteiger partial charge on any atom is 0.355 e. The summed E-state index contributed by atoms with van der Waals surface area (Å²) in [7, 11) is 0. The molecule has 34 heavy (non-hydrogen) atoms. The Bertz CT molecular complexity index is 1380. The maximum atomic E-state index is 12.8. The van der Waals surface area contributed by atoms with Crippen molar-refractivity contribution in [2.75, 3.05) is 6.61 Å². The fraction of sp³-hybridized carbons (Fsp3) is 0.0800. The number of phenolic OH excluding ortho intramolecular Hbond substituents is 1. The van der Waals surface area contributed by atoms with Gasteiger partial charge in [-0.05, 0) is 61.0 Å². The van der Waals surface area contributed by atoms with Gasteiger partial charge in [-0.3, -0.25) is 4.79 Å². The zero-order valence-electron chi connectivity index (χ0n) is 17.9. The van der Waals surface area contributed by atoms with Crippen molar-refractivity contribution >= 4 is 51.1 Å². The number of carbonyl (C=O) groups is 2. The number of halogens is 1. The molecule has 7 nitrogen and oxygen atoms in total. The van der Waals surface area contributed by atoms with Crippen LogP contribution in [0.4, 0.5) is 0 Å². The smallest absolute Gasteiger partial charge is 0.355 e. The van der Waals surface area contributed by atoms with Crippen LogP contribution in [0.15, 0.2) is 71.8 Å². The first-order chi connectivity index (χ1) is 16.5. The number of benzene rings is 3. The van der Waals surface area contributed by atoms with Crippen molar-refractivity contribution in [3.8, 4) is 17.2 Å². The molecule has 172 valence electrons. The van der Waals surface area contributed by atoms with Crippen LogP contribution in [-0.2, 0) is 0 Å². The van der Waals surface area contributed by atoms with Gasteiger partial charge in [0.15, 0.2) is 11.5 Å². The van der Waals surface area contributed by atoms with Gasteiger partial charge in [-0.2, -0.15) is 5.10 Å². The minimum absolute atomic E-state index is 0.0684. The highest BCUT2D eigenvalue weighted by Gasteiger charge is 2.20. The van der Waals surface area contributed by atoms with Gasteiger partial charge in [-0.15, -0.1) is 11.3 Å². The molecule has 0 bridgehead atoms. The second-order valence-corrected chi connectivity index (χ2v) is 8.45. The summed E-state index contributed by atoms with van der Waals surface area (Å²) < 4.78 is 12.1. The molecule has 0 radical (unpaired) electrons. The highest BCUT2D eigenvalue weighted by Crippen LogP contribution is 2.37. The Kier molecular flexibility index (Phi) is 7.10. The Morgan fingerprint density at radius 3 is 2.59 bits per heavy atom. The summed E-state index contributed by atoms with van der Waals surface area (Å²) in [6.45, 7) is 2.17. The quantitative estimate of drug-likeness (QED) is 0.150. The number of ether oxygens (including phenoxy) is 2. The van der Waals surface area contributed by atoms with Crippen LogP contribution in [0, 0.1) is 0 Å². The maximum absolute atomic E-state index is 12.8. The number of nitrogens with one attached hydrogen (secondary N) is 1. The molecule has 0 aliphatic rings. The molecule has 0 unspecified atom stereocenters. The molecule has 2 N–H and O–H groups in total. The molecule has 1 heterocycles. The van der Waals surface area contributed by atoms with Crippen molar-refractivity contribution in [3.63, 3.8) is 0 Å². The summed E-state index contributed by atoms with van der Waals surface area (Å²) in [5.74, 6) is -0.340. The lowest BCUT2D eigenvalue weighted by Crippen LogP contribution is -2.17. The number of rotatable bonds is 7. The first-order valence-electron chi connectivity index (χ1n) is 10.2. The summed E-state index contributed by atoms with van der Waals surface area (Å²) in [5.41, 5.74) is 3.39. The Hall–Kier alpha value is -3.88. The normalized spacial score (nSPS) is 11.0. The molecule has 4 aromatic rings. The van der Waals surface area contributed by atoms with E-state index in [1.54, 1.807) is 18.2 Å². The fourth-order valence-corrected chi connectivity index (χ4v) is 4.48. The van der Waals surface area contributed by atoms with Crippen LogP contribution in [0.3, 0.4) is 0 Å². The summed E-state index contributed by atoms with van der Waals surface area (Å²) in [6.07, 6.45) is 1.44. The van der Waals surface area contributed by atoms with Crippen LogP contribution in [0.2, 0.25) is 5.02 Å². The average Bonchev–Trinajstić information content (AvgIpc) is 3.18. The lowest BCUT2D eigenvalue weighted by atomic mass is 10.2. The summed E-state index contributed by atoms with van der Waals surface area (Å²) in [5, 5.41) is 14.4. The summed E-state index contributed by atoms with van der Waals surface area (Å²) >= 11 is 7.66. The van der Waals surface area contributed by atoms with Crippen molar-refractivity contribution in [1.82, 2.24) is 5.43 Å². The van der Waals surface area contributed by atoms with Crippen LogP contribution >= 0.6 is 22.9 Å². The number of carbonyl (C=O) groups excluding carboxylic acids is 2. The van der Waals surface area contributed by atoms with E-state index in [1.807, 2.05) is 31.2 Å². The fourth-order valence-electron chi connectivity index (χ4n) is 3.09. The molecule has 3 aromatic carbocycles. The molecule has 0 aliphatic carbocycles. The molecule has 0 saturated heterocycles. The number of hydrogen-bond donors (Lipinski definition) is 2. The van der Waals surface area contributed by atoms with Gasteiger partial charge in [-0.25, -0.2) is 10.2 Å². The van der Waals surface area contributed by atoms with Crippen LogP contribution in [0.25, 0.3) is 10.1 Å². The van der Waals surface area contributed by atoms with Crippen LogP contribution in [0.5, 0.6) is 17.2 Å². The monoisotopic (exact) mass is 494 g/mol. The number of nitrogens with zero attached hydrogens (tertiary/aromatic N) is 1. The molecule has 0 spiro atoms. The number of fused-ring (bicyclic) bond motifs is 1. The first kappa shape index (κ1) is 23.3. The Balaban J connectivity index is 1.49. The van der Waals surface area contributed by atoms with Gasteiger partial charge >= 0.3 is 5.97 Å². The molecular weight excluding hydrogens is 476 g/mol. The number of esters is 1. The number of amides is 1. The number of phenols is 1. The van der Waals surface area contributed by atoms with Crippen molar-refractivity contribution in [2.45, 2.75) is 6.92 Å². The molecule has 0 fully saturated rings. The van der Waals surface area contributed by atoms with Crippen LogP contribution < -0.4 is 14.9 Å². The molecular formula is C25H19ClN2O5S. The van der Waals surface area contributed by atoms with Gasteiger partial charge in [-0.1, -0.05) is 29.8 Å². The third-order valence-electron chi connectivity index (χ3n) is 4.70. The van der Waals surface area contributed by atoms with E-state index in [0.29, 0.717) is 33.4 Å². The predicted molar refractivity (Wildman–Crippen MR) is 133 cm³/mol. The van der Waals surface area contributed by atoms with E-state index >= 15 is 0 Å². The predicted octanol–water partition coefficient (Wildman–Crippen LogP) is 5.64. The van der Waals surface area contributed by atoms with E-state index in [-0.39, 0.29) is 11.5 Å². The lowest BCUT2D eigenvalue weighted by Gasteiger charge is -2.11. The molecule has 0 atom stereocenters. The van der Waals surface area contributed by atoms with Crippen molar-refractivity contribution in [1.29, 1.82) is 0 Å². The van der Waals surface area contributed by atoms with E-state index in [4.69, 9.17) is 21.1 Å². The average molecular weight is 495 g/mol. The number of hydrazone groups is 1. The first-order valence-corrected chi connectivity index (χ1v) is 11.4. The minimum Gasteiger partial charge on any atom is -0.508 e. The van der Waals surface area contributed by atoms with E-state index in [2.05, 4.69) is 10.5 Å². The molecule has 9 heteroatoms. The number of hydrogen-bond acceptors (Lipinski definition) is 7. The van der Waals surface area contributed by atoms with Gasteiger partial charge in [0.1, 0.15) is 10.6 Å². The standard InChI is InChI=1S/C25H19ClN2O5S/c1-2-32-20-13-15(14-27-28-24(30)16-8-10-17(29)11-9-16)7-12-19(20)33-25(31)23-22(26)18-5-3-4-6-21(18)34-23/h3-14,29H,2H2,1H3,(H,28,30)/b27-14-. The number of aromatic hydroxyl groups is 1. The van der Waals surface area contributed by atoms with Crippen LogP contribution in [-0.4, -0.2) is 29.8 Å². The lowest BCUT2D eigenvalue weighted by molar-refractivity contribution is 0.0733. The van der Waals surface area contributed by atoms with E-state index in [9.17, 15) is 14.7 Å². The van der Waals surface area contributed by atoms with E-state index < -0.39 is 11.9 Å². The van der Waals surface area contributed by atoms with Gasteiger partial charge in [0.05, 0.1) is 17.8 Å². The summed E-state index contributed by atoms with van der Waals surface area (Å²) in [4.78, 5) is 25.2. The van der Waals surface area contributed by atoms with Gasteiger partial charge < -0.3 is 14.6 Å². The molecule has 1 amide bonds. The van der Waals surface area contributed by atoms with Crippen molar-refractivity contribution in [3.05, 3.63) is 87.8 Å². The molecule has 0 saturated carbocycles. The third-order valence-corrected chi connectivity index (χ3v) is 6.36. The Morgan fingerprint density at radius 1 is 1.09 bits per heavy atom. The second kappa shape index (κ2) is 10.4. The van der Waals surface area contributed by atoms with Crippen molar-refractivity contribution in [2.24, 2.45) is 5.10 Å². The zero-order valence-corrected chi connectivity index (χ0v) is 19.5. The highest BCUT2D eigenvalue weighted by atomic mass is 35.5. The van der Waals surface area contributed by atoms with Gasteiger partial charge in [0.25, 0.3) is 5.91 Å². The highest BCUT2D eigenvalue weighted by molar-refractivity contribution is 7.21. The van der Waals surface area contributed by atoms with Crippen molar-refractivity contribution < 1.29 is 24.2 Å². The second-order valence-electron chi connectivity index (χ2n) is 7.02. The zero-order chi connectivity index (χ0) is 24.1. The Labute approximate surface area is 204 Å². The minimum atomic E-state index is -0.574. The Morgan fingerprint density at radius 2 is 1.85 bits per heavy atom. The number of thiophene rings is 1. The molecule has 0 aliphatic heterocycles. The van der Waals surface area contributed by atoms with E-state index in [1.165, 1.54) is 41.8 Å². The topological polar surface area (TPSA) is 97.2 Å². The molecule has 4 rings (SSSR count). The van der Waals surface area contributed by atoms with Crippen LogP contribution in [0.1, 0.15) is 32.5 Å². The van der Waals surface area contributed by atoms with Gasteiger partial charge in [0, 0.05) is 15.6 Å². The van der Waals surface area contributed by atoms with E-state index in [0.717, 1.165) is 10.1 Å². The summed E-state index contributed by atoms with van der Waals surface area (Å²) in [6, 6.07) is 18.2. The SMILES string of the molecule is CCOc1cc(/C=N\NC(=O)c2ccc(O)cc2)ccc1OC(=O)c1sc2ccccc2c1Cl. The molecule has 1 aromatic heterocycles. The third kappa shape index (κ3) is 5.19. The van der Waals surface area contributed by atoms with Gasteiger partial charge in [0.2, 0.25) is 0 Å². The largest absolute Gasteiger partial charge is 0.508 e.